The number of aryl methyl sites for hydroxylation is 2. The van der Waals surface area contributed by atoms with E-state index >= 15 is 0 Å². The number of piperazine rings is 1. The van der Waals surface area contributed by atoms with Gasteiger partial charge in [0, 0.05) is 25.2 Å². The normalized spacial score (nSPS) is 21.2. The minimum Gasteiger partial charge on any atom is -0.448 e. The van der Waals surface area contributed by atoms with Crippen LogP contribution < -0.4 is 0 Å². The van der Waals surface area contributed by atoms with Crippen LogP contribution in [0.4, 0.5) is 0 Å². The zero-order valence-electron chi connectivity index (χ0n) is 14.1. The van der Waals surface area contributed by atoms with E-state index in [1.54, 1.807) is 23.6 Å². The summed E-state index contributed by atoms with van der Waals surface area (Å²) in [4.78, 5) is 36.8. The van der Waals surface area contributed by atoms with Crippen molar-refractivity contribution < 1.29 is 18.4 Å². The van der Waals surface area contributed by atoms with Gasteiger partial charge < -0.3 is 18.6 Å². The van der Waals surface area contributed by atoms with Gasteiger partial charge in [-0.1, -0.05) is 0 Å². The molecule has 0 saturated carbocycles. The molecule has 0 radical (unpaired) electrons. The van der Waals surface area contributed by atoms with Crippen molar-refractivity contribution in [2.45, 2.75) is 39.8 Å². The molecule has 2 atom stereocenters. The molecule has 1 fully saturated rings. The van der Waals surface area contributed by atoms with Gasteiger partial charge in [0.15, 0.2) is 24.2 Å². The van der Waals surface area contributed by atoms with Crippen LogP contribution in [0.3, 0.4) is 0 Å². The van der Waals surface area contributed by atoms with Gasteiger partial charge in [-0.15, -0.1) is 0 Å². The molecule has 8 heteroatoms. The number of aromatic nitrogens is 2. The van der Waals surface area contributed by atoms with Gasteiger partial charge in [0.05, 0.1) is 0 Å². The Bertz CT molecular complexity index is 754. The molecule has 24 heavy (non-hydrogen) atoms. The van der Waals surface area contributed by atoms with Crippen molar-refractivity contribution in [2.75, 3.05) is 13.1 Å². The average Bonchev–Trinajstić information content (AvgIpc) is 3.14. The van der Waals surface area contributed by atoms with Crippen LogP contribution in [0.2, 0.25) is 0 Å². The summed E-state index contributed by atoms with van der Waals surface area (Å²) in [6, 6.07) is -0.290. The fraction of sp³-hybridized carbons (Fsp3) is 0.500. The van der Waals surface area contributed by atoms with Gasteiger partial charge in [-0.2, -0.15) is 0 Å². The van der Waals surface area contributed by atoms with E-state index in [9.17, 15) is 9.59 Å². The number of oxazole rings is 2. The smallest absolute Gasteiger partial charge is 0.276 e. The Morgan fingerprint density at radius 1 is 0.958 bits per heavy atom. The molecule has 3 heterocycles. The molecule has 0 spiro atoms. The lowest BCUT2D eigenvalue weighted by atomic mass is 10.1. The molecule has 8 nitrogen and oxygen atoms in total. The Labute approximate surface area is 139 Å². The Hall–Kier alpha value is -2.64. The molecule has 1 aliphatic heterocycles. The van der Waals surface area contributed by atoms with E-state index in [2.05, 4.69) is 9.97 Å². The molecule has 2 amide bonds. The van der Waals surface area contributed by atoms with Crippen molar-refractivity contribution in [2.24, 2.45) is 0 Å². The van der Waals surface area contributed by atoms with Crippen LogP contribution in [0.15, 0.2) is 21.6 Å². The first-order valence-electron chi connectivity index (χ1n) is 7.82. The molecule has 0 N–H and O–H groups in total. The van der Waals surface area contributed by atoms with Gasteiger partial charge in [-0.25, -0.2) is 9.97 Å². The highest BCUT2D eigenvalue weighted by Gasteiger charge is 2.37. The standard InChI is InChI=1S/C16H20N4O4/c1-9-5-19(15(21)13-11(3)23-7-17-13)6-10(2)20(9)16(22)14-12(4)24-8-18-14/h7-10H,5-6H2,1-4H3/t9-,10+. The molecule has 0 aliphatic carbocycles. The second kappa shape index (κ2) is 6.10. The highest BCUT2D eigenvalue weighted by atomic mass is 16.3. The van der Waals surface area contributed by atoms with Crippen LogP contribution in [0.1, 0.15) is 46.3 Å². The Morgan fingerprint density at radius 2 is 1.42 bits per heavy atom. The quantitative estimate of drug-likeness (QED) is 0.830. The number of amides is 2. The molecule has 2 aromatic heterocycles. The van der Waals surface area contributed by atoms with Crippen molar-refractivity contribution in [3.63, 3.8) is 0 Å². The van der Waals surface area contributed by atoms with Crippen molar-refractivity contribution in [1.29, 1.82) is 0 Å². The first-order valence-corrected chi connectivity index (χ1v) is 7.82. The molecular weight excluding hydrogens is 312 g/mol. The molecule has 1 aliphatic rings. The zero-order chi connectivity index (χ0) is 17.4. The van der Waals surface area contributed by atoms with E-state index in [1.165, 1.54) is 12.8 Å². The van der Waals surface area contributed by atoms with Gasteiger partial charge in [0.1, 0.15) is 11.5 Å². The molecular formula is C16H20N4O4. The second-order valence-electron chi connectivity index (χ2n) is 6.13. The van der Waals surface area contributed by atoms with Crippen LogP contribution in [0.25, 0.3) is 0 Å². The number of hydrogen-bond donors (Lipinski definition) is 0. The van der Waals surface area contributed by atoms with Gasteiger partial charge in [-0.05, 0) is 27.7 Å². The van der Waals surface area contributed by atoms with Crippen LogP contribution >= 0.6 is 0 Å². The first kappa shape index (κ1) is 16.2. The van der Waals surface area contributed by atoms with Gasteiger partial charge in [0.2, 0.25) is 0 Å². The predicted octanol–water partition coefficient (Wildman–Crippen LogP) is 1.65. The van der Waals surface area contributed by atoms with Crippen LogP contribution in [-0.4, -0.2) is 56.8 Å². The Kier molecular flexibility index (Phi) is 4.13. The summed E-state index contributed by atoms with van der Waals surface area (Å²) in [6.45, 7) is 8.11. The van der Waals surface area contributed by atoms with Crippen molar-refractivity contribution >= 4 is 11.8 Å². The van der Waals surface area contributed by atoms with E-state index < -0.39 is 0 Å². The zero-order valence-corrected chi connectivity index (χ0v) is 14.1. The monoisotopic (exact) mass is 332 g/mol. The molecule has 2 aromatic rings. The summed E-state index contributed by atoms with van der Waals surface area (Å²) >= 11 is 0. The first-order chi connectivity index (χ1) is 11.4. The lowest BCUT2D eigenvalue weighted by molar-refractivity contribution is 0.0247. The third-order valence-electron chi connectivity index (χ3n) is 4.34. The van der Waals surface area contributed by atoms with Crippen molar-refractivity contribution in [3.8, 4) is 0 Å². The van der Waals surface area contributed by atoms with E-state index in [4.69, 9.17) is 8.83 Å². The van der Waals surface area contributed by atoms with Crippen LogP contribution in [-0.2, 0) is 0 Å². The summed E-state index contributed by atoms with van der Waals surface area (Å²) in [5, 5.41) is 0. The number of carbonyl (C=O) groups is 2. The van der Waals surface area contributed by atoms with Crippen molar-refractivity contribution in [3.05, 3.63) is 35.7 Å². The Morgan fingerprint density at radius 3 is 1.83 bits per heavy atom. The fourth-order valence-electron chi connectivity index (χ4n) is 3.18. The minimum absolute atomic E-state index is 0.145. The van der Waals surface area contributed by atoms with E-state index in [0.29, 0.717) is 36.0 Å². The summed E-state index contributed by atoms with van der Waals surface area (Å²) in [5.41, 5.74) is 0.641. The number of carbonyl (C=O) groups excluding carboxylic acids is 2. The van der Waals surface area contributed by atoms with Crippen LogP contribution in [0.5, 0.6) is 0 Å². The molecule has 0 aromatic carbocycles. The lowest BCUT2D eigenvalue weighted by Crippen LogP contribution is -2.60. The third kappa shape index (κ3) is 2.68. The molecule has 0 unspecified atom stereocenters. The number of hydrogen-bond acceptors (Lipinski definition) is 6. The van der Waals surface area contributed by atoms with Crippen LogP contribution in [0, 0.1) is 13.8 Å². The average molecular weight is 332 g/mol. The SMILES string of the molecule is Cc1ocnc1C(=O)N1C[C@@H](C)N(C(=O)c2ncoc2C)[C@@H](C)C1. The largest absolute Gasteiger partial charge is 0.448 e. The lowest BCUT2D eigenvalue weighted by Gasteiger charge is -2.44. The fourth-order valence-corrected chi connectivity index (χ4v) is 3.18. The summed E-state index contributed by atoms with van der Waals surface area (Å²) < 4.78 is 10.2. The Balaban J connectivity index is 1.77. The van der Waals surface area contributed by atoms with E-state index in [1.807, 2.05) is 13.8 Å². The third-order valence-corrected chi connectivity index (χ3v) is 4.34. The molecule has 0 bridgehead atoms. The van der Waals surface area contributed by atoms with Gasteiger partial charge >= 0.3 is 0 Å². The van der Waals surface area contributed by atoms with Gasteiger partial charge in [0.25, 0.3) is 11.8 Å². The molecule has 3 rings (SSSR count). The highest BCUT2D eigenvalue weighted by molar-refractivity contribution is 5.95. The molecule has 1 saturated heterocycles. The second-order valence-corrected chi connectivity index (χ2v) is 6.13. The maximum absolute atomic E-state index is 12.7. The van der Waals surface area contributed by atoms with Gasteiger partial charge in [-0.3, -0.25) is 9.59 Å². The van der Waals surface area contributed by atoms with E-state index in [-0.39, 0.29) is 23.9 Å². The minimum atomic E-state index is -0.176. The maximum Gasteiger partial charge on any atom is 0.276 e. The predicted molar refractivity (Wildman–Crippen MR) is 83.5 cm³/mol. The number of rotatable bonds is 2. The van der Waals surface area contributed by atoms with E-state index in [0.717, 1.165) is 0 Å². The number of nitrogens with zero attached hydrogens (tertiary/aromatic N) is 4. The molecule has 128 valence electrons. The summed E-state index contributed by atoms with van der Waals surface area (Å²) in [5.74, 6) is 0.642. The topological polar surface area (TPSA) is 92.7 Å². The highest BCUT2D eigenvalue weighted by Crippen LogP contribution is 2.21. The van der Waals surface area contributed by atoms with Crippen molar-refractivity contribution in [1.82, 2.24) is 19.8 Å². The maximum atomic E-state index is 12.7. The summed E-state index contributed by atoms with van der Waals surface area (Å²) in [7, 11) is 0. The summed E-state index contributed by atoms with van der Waals surface area (Å²) in [6.07, 6.45) is 2.54.